The van der Waals surface area contributed by atoms with Gasteiger partial charge in [-0.1, -0.05) is 17.3 Å². The van der Waals surface area contributed by atoms with Gasteiger partial charge >= 0.3 is 0 Å². The van der Waals surface area contributed by atoms with Gasteiger partial charge in [-0.15, -0.1) is 11.3 Å². The van der Waals surface area contributed by atoms with Gasteiger partial charge in [0.2, 0.25) is 0 Å². The standard InChI is InChI=1S/C12H12BrN3O3S2/c1-7-2-3-8(11(14)15-17)6-10(7)16-21(18,19)12-9(13)4-5-20-12/h2-6,16-17H,1H3,(H2,14,15). The number of hydrogen-bond acceptors (Lipinski definition) is 5. The minimum atomic E-state index is -3.69. The number of hydrogen-bond donors (Lipinski definition) is 3. The number of benzene rings is 1. The van der Waals surface area contributed by atoms with Crippen molar-refractivity contribution in [3.8, 4) is 0 Å². The Labute approximate surface area is 134 Å². The second-order valence-electron chi connectivity index (χ2n) is 4.18. The summed E-state index contributed by atoms with van der Waals surface area (Å²) >= 11 is 4.31. The maximum atomic E-state index is 12.3. The van der Waals surface area contributed by atoms with Crippen LogP contribution in [0.5, 0.6) is 0 Å². The Hall–Kier alpha value is -1.58. The molecule has 6 nitrogen and oxygen atoms in total. The van der Waals surface area contributed by atoms with E-state index in [1.54, 1.807) is 30.5 Å². The lowest BCUT2D eigenvalue weighted by Gasteiger charge is -2.11. The molecular weight excluding hydrogens is 378 g/mol. The van der Waals surface area contributed by atoms with Crippen LogP contribution in [0.1, 0.15) is 11.1 Å². The molecule has 2 aromatic rings. The van der Waals surface area contributed by atoms with Gasteiger partial charge < -0.3 is 10.9 Å². The van der Waals surface area contributed by atoms with Crippen molar-refractivity contribution < 1.29 is 13.6 Å². The molecule has 112 valence electrons. The number of nitrogens with one attached hydrogen (secondary N) is 1. The van der Waals surface area contributed by atoms with Crippen LogP contribution in [0.2, 0.25) is 0 Å². The summed E-state index contributed by atoms with van der Waals surface area (Å²) in [5, 5.41) is 13.3. The number of aryl methyl sites for hydroxylation is 1. The molecule has 1 aromatic carbocycles. The highest BCUT2D eigenvalue weighted by molar-refractivity contribution is 9.10. The van der Waals surface area contributed by atoms with E-state index >= 15 is 0 Å². The van der Waals surface area contributed by atoms with Gasteiger partial charge in [-0.2, -0.15) is 0 Å². The summed E-state index contributed by atoms with van der Waals surface area (Å²) in [4.78, 5) is 0. The zero-order chi connectivity index (χ0) is 15.6. The summed E-state index contributed by atoms with van der Waals surface area (Å²) in [7, 11) is -3.69. The highest BCUT2D eigenvalue weighted by atomic mass is 79.9. The predicted molar refractivity (Wildman–Crippen MR) is 86.5 cm³/mol. The molecule has 0 radical (unpaired) electrons. The Morgan fingerprint density at radius 2 is 2.14 bits per heavy atom. The molecule has 0 spiro atoms. The number of nitrogens with two attached hydrogens (primary N) is 1. The van der Waals surface area contributed by atoms with Crippen LogP contribution < -0.4 is 10.5 Å². The van der Waals surface area contributed by atoms with Crippen LogP contribution in [0.25, 0.3) is 0 Å². The van der Waals surface area contributed by atoms with Gasteiger partial charge in [-0.05, 0) is 45.9 Å². The van der Waals surface area contributed by atoms with Gasteiger partial charge in [0.1, 0.15) is 0 Å². The van der Waals surface area contributed by atoms with E-state index in [1.807, 2.05) is 0 Å². The molecule has 21 heavy (non-hydrogen) atoms. The molecule has 1 heterocycles. The number of sulfonamides is 1. The highest BCUT2D eigenvalue weighted by Crippen LogP contribution is 2.30. The van der Waals surface area contributed by atoms with Crippen LogP contribution in [0.15, 0.2) is 43.5 Å². The third kappa shape index (κ3) is 3.36. The van der Waals surface area contributed by atoms with E-state index in [-0.39, 0.29) is 10.0 Å². The van der Waals surface area contributed by atoms with Gasteiger partial charge in [-0.25, -0.2) is 8.42 Å². The van der Waals surface area contributed by atoms with Gasteiger partial charge in [0.25, 0.3) is 10.0 Å². The Morgan fingerprint density at radius 1 is 1.43 bits per heavy atom. The van der Waals surface area contributed by atoms with Crippen molar-refractivity contribution in [2.45, 2.75) is 11.1 Å². The van der Waals surface area contributed by atoms with Gasteiger partial charge in [-0.3, -0.25) is 4.72 Å². The molecule has 0 unspecified atom stereocenters. The second kappa shape index (κ2) is 6.04. The number of nitrogens with zero attached hydrogens (tertiary/aromatic N) is 1. The van der Waals surface area contributed by atoms with E-state index < -0.39 is 10.0 Å². The molecule has 0 aliphatic rings. The van der Waals surface area contributed by atoms with Crippen LogP contribution in [0.3, 0.4) is 0 Å². The minimum absolute atomic E-state index is 0.0900. The Kier molecular flexibility index (Phi) is 4.55. The van der Waals surface area contributed by atoms with Crippen molar-refractivity contribution in [1.82, 2.24) is 0 Å². The number of oxime groups is 1. The average Bonchev–Trinajstić information content (AvgIpc) is 2.87. The maximum absolute atomic E-state index is 12.3. The third-order valence-corrected chi connectivity index (χ3v) is 6.75. The summed E-state index contributed by atoms with van der Waals surface area (Å²) in [6, 6.07) is 6.51. The molecule has 0 aliphatic carbocycles. The smallest absolute Gasteiger partial charge is 0.272 e. The van der Waals surface area contributed by atoms with Crippen LogP contribution >= 0.6 is 27.3 Å². The molecular formula is C12H12BrN3O3S2. The fourth-order valence-electron chi connectivity index (χ4n) is 1.61. The monoisotopic (exact) mass is 389 g/mol. The number of rotatable bonds is 4. The average molecular weight is 390 g/mol. The quantitative estimate of drug-likeness (QED) is 0.323. The number of thiophene rings is 1. The van der Waals surface area contributed by atoms with Crippen molar-refractivity contribution in [1.29, 1.82) is 0 Å². The normalized spacial score (nSPS) is 12.4. The summed E-state index contributed by atoms with van der Waals surface area (Å²) in [5.74, 6) is -0.0900. The first-order chi connectivity index (χ1) is 9.85. The molecule has 0 atom stereocenters. The van der Waals surface area contributed by atoms with Crippen molar-refractivity contribution in [2.24, 2.45) is 10.9 Å². The largest absolute Gasteiger partial charge is 0.409 e. The molecule has 0 aliphatic heterocycles. The fraction of sp³-hybridized carbons (Fsp3) is 0.0833. The van der Waals surface area contributed by atoms with Gasteiger partial charge in [0.05, 0.1) is 5.69 Å². The van der Waals surface area contributed by atoms with Crippen molar-refractivity contribution in [2.75, 3.05) is 4.72 Å². The molecule has 9 heteroatoms. The van der Waals surface area contributed by atoms with E-state index in [1.165, 1.54) is 6.07 Å². The maximum Gasteiger partial charge on any atom is 0.272 e. The topological polar surface area (TPSA) is 105 Å². The third-order valence-electron chi connectivity index (χ3n) is 2.71. The summed E-state index contributed by atoms with van der Waals surface area (Å²) < 4.78 is 27.9. The zero-order valence-corrected chi connectivity index (χ0v) is 14.1. The molecule has 1 aromatic heterocycles. The van der Waals surface area contributed by atoms with Crippen molar-refractivity contribution in [3.63, 3.8) is 0 Å². The van der Waals surface area contributed by atoms with Crippen LogP contribution in [-0.2, 0) is 10.0 Å². The van der Waals surface area contributed by atoms with E-state index in [0.29, 0.717) is 15.7 Å². The first-order valence-electron chi connectivity index (χ1n) is 5.69. The summed E-state index contributed by atoms with van der Waals surface area (Å²) in [5.41, 5.74) is 7.03. The van der Waals surface area contributed by atoms with Gasteiger partial charge in [0.15, 0.2) is 10.0 Å². The van der Waals surface area contributed by atoms with E-state index in [0.717, 1.165) is 16.9 Å². The summed E-state index contributed by atoms with van der Waals surface area (Å²) in [6.45, 7) is 1.76. The minimum Gasteiger partial charge on any atom is -0.409 e. The lowest BCUT2D eigenvalue weighted by Crippen LogP contribution is -2.16. The molecule has 4 N–H and O–H groups in total. The Morgan fingerprint density at radius 3 is 2.71 bits per heavy atom. The molecule has 0 fully saturated rings. The van der Waals surface area contributed by atoms with Crippen LogP contribution in [0.4, 0.5) is 5.69 Å². The van der Waals surface area contributed by atoms with Crippen LogP contribution in [0, 0.1) is 6.92 Å². The van der Waals surface area contributed by atoms with E-state index in [9.17, 15) is 8.42 Å². The molecule has 0 amide bonds. The molecule has 0 bridgehead atoms. The Bertz CT molecular complexity index is 800. The Balaban J connectivity index is 2.42. The number of amidine groups is 1. The van der Waals surface area contributed by atoms with Crippen LogP contribution in [-0.4, -0.2) is 19.5 Å². The molecule has 0 saturated heterocycles. The van der Waals surface area contributed by atoms with E-state index in [4.69, 9.17) is 10.9 Å². The van der Waals surface area contributed by atoms with Crippen molar-refractivity contribution >= 4 is 48.8 Å². The predicted octanol–water partition coefficient (Wildman–Crippen LogP) is 2.71. The lowest BCUT2D eigenvalue weighted by atomic mass is 10.1. The van der Waals surface area contributed by atoms with Crippen molar-refractivity contribution in [3.05, 3.63) is 45.2 Å². The number of anilines is 1. The first kappa shape index (κ1) is 15.8. The fourth-order valence-corrected chi connectivity index (χ4v) is 5.07. The SMILES string of the molecule is Cc1ccc(C(N)=NO)cc1NS(=O)(=O)c1sccc1Br. The molecule has 2 rings (SSSR count). The number of halogens is 1. The highest BCUT2D eigenvalue weighted by Gasteiger charge is 2.20. The summed E-state index contributed by atoms with van der Waals surface area (Å²) in [6.07, 6.45) is 0. The first-order valence-corrected chi connectivity index (χ1v) is 8.85. The van der Waals surface area contributed by atoms with Gasteiger partial charge in [0, 0.05) is 10.0 Å². The molecule has 0 saturated carbocycles. The second-order valence-corrected chi connectivity index (χ2v) is 7.82. The van der Waals surface area contributed by atoms with E-state index in [2.05, 4.69) is 25.8 Å². The zero-order valence-electron chi connectivity index (χ0n) is 10.9. The lowest BCUT2D eigenvalue weighted by molar-refractivity contribution is 0.318.